The van der Waals surface area contributed by atoms with Crippen LogP contribution in [-0.4, -0.2) is 25.6 Å². The average Bonchev–Trinajstić information content (AvgIpc) is 3.17. The van der Waals surface area contributed by atoms with Gasteiger partial charge < -0.3 is 9.73 Å². The molecule has 2 N–H and O–H groups in total. The van der Waals surface area contributed by atoms with E-state index in [1.54, 1.807) is 20.1 Å². The second-order valence-electron chi connectivity index (χ2n) is 7.30. The molecule has 1 saturated carbocycles. The van der Waals surface area contributed by atoms with Crippen LogP contribution >= 0.6 is 0 Å². The molecule has 1 fully saturated rings. The zero-order chi connectivity index (χ0) is 19.4. The highest BCUT2D eigenvalue weighted by molar-refractivity contribution is 7.90. The van der Waals surface area contributed by atoms with Gasteiger partial charge in [-0.2, -0.15) is 0 Å². The Morgan fingerprint density at radius 2 is 1.74 bits per heavy atom. The lowest BCUT2D eigenvalue weighted by Gasteiger charge is -2.28. The molecule has 1 aliphatic carbocycles. The van der Waals surface area contributed by atoms with Crippen LogP contribution in [0.25, 0.3) is 11.3 Å². The second kappa shape index (κ2) is 8.27. The number of sulfonamides is 1. The minimum absolute atomic E-state index is 0.00841. The third kappa shape index (κ3) is 4.99. The number of hydrogen-bond acceptors (Lipinski definition) is 4. The quantitative estimate of drug-likeness (QED) is 0.786. The van der Waals surface area contributed by atoms with Crippen molar-refractivity contribution in [2.75, 3.05) is 5.32 Å². The topological polar surface area (TPSA) is 88.4 Å². The number of benzene rings is 1. The van der Waals surface area contributed by atoms with Crippen molar-refractivity contribution in [1.29, 1.82) is 0 Å². The molecule has 1 aromatic heterocycles. The molecule has 1 heterocycles. The molecule has 0 bridgehead atoms. The molecule has 2 aromatic rings. The van der Waals surface area contributed by atoms with Crippen LogP contribution < -0.4 is 10.0 Å². The molecule has 7 heteroatoms. The van der Waals surface area contributed by atoms with Gasteiger partial charge in [-0.1, -0.05) is 0 Å². The molecule has 0 unspecified atom stereocenters. The number of rotatable bonds is 6. The van der Waals surface area contributed by atoms with Crippen molar-refractivity contribution in [1.82, 2.24) is 4.72 Å². The highest BCUT2D eigenvalue weighted by atomic mass is 32.2. The number of carbonyl (C=O) groups is 1. The minimum atomic E-state index is -3.27. The number of carbonyl (C=O) groups excluding carboxylic acids is 1. The van der Waals surface area contributed by atoms with Gasteiger partial charge in [-0.15, -0.1) is 0 Å². The molecule has 27 heavy (non-hydrogen) atoms. The largest absolute Gasteiger partial charge is 0.464 e. The summed E-state index contributed by atoms with van der Waals surface area (Å²) in [5.74, 6) is 0.690. The van der Waals surface area contributed by atoms with Gasteiger partial charge in [-0.25, -0.2) is 13.1 Å². The summed E-state index contributed by atoms with van der Waals surface area (Å²) in [5, 5.41) is 2.52. The third-order valence-electron chi connectivity index (χ3n) is 5.01. The fourth-order valence-electron chi connectivity index (χ4n) is 3.25. The first-order chi connectivity index (χ1) is 12.8. The van der Waals surface area contributed by atoms with Crippen LogP contribution in [0.15, 0.2) is 47.1 Å². The molecule has 146 valence electrons. The summed E-state index contributed by atoms with van der Waals surface area (Å²) < 4.78 is 32.1. The Morgan fingerprint density at radius 1 is 1.07 bits per heavy atom. The highest BCUT2D eigenvalue weighted by Gasteiger charge is 2.29. The number of nitrogens with one attached hydrogen (secondary N) is 2. The van der Waals surface area contributed by atoms with Gasteiger partial charge in [0.2, 0.25) is 15.9 Å². The van der Waals surface area contributed by atoms with Crippen LogP contribution in [0.5, 0.6) is 0 Å². The number of furan rings is 1. The van der Waals surface area contributed by atoms with Crippen LogP contribution in [-0.2, 0) is 14.8 Å². The average molecular weight is 391 g/mol. The highest BCUT2D eigenvalue weighted by Crippen LogP contribution is 2.27. The predicted octanol–water partition coefficient (Wildman–Crippen LogP) is 3.77. The Kier molecular flexibility index (Phi) is 6.01. The van der Waals surface area contributed by atoms with Gasteiger partial charge >= 0.3 is 0 Å². The van der Waals surface area contributed by atoms with E-state index in [9.17, 15) is 13.2 Å². The molecule has 0 aliphatic heterocycles. The molecule has 1 amide bonds. The first-order valence-electron chi connectivity index (χ1n) is 9.31. The van der Waals surface area contributed by atoms with E-state index in [0.717, 1.165) is 17.0 Å². The van der Waals surface area contributed by atoms with Gasteiger partial charge in [0.1, 0.15) is 5.76 Å². The Hall–Kier alpha value is -2.12. The lowest BCUT2D eigenvalue weighted by molar-refractivity contribution is -0.120. The fourth-order valence-corrected chi connectivity index (χ4v) is 4.22. The van der Waals surface area contributed by atoms with Crippen molar-refractivity contribution in [3.05, 3.63) is 42.7 Å². The predicted molar refractivity (Wildman–Crippen MR) is 106 cm³/mol. The lowest BCUT2D eigenvalue weighted by Crippen LogP contribution is -2.42. The summed E-state index contributed by atoms with van der Waals surface area (Å²) in [5.41, 5.74) is 1.70. The molecule has 1 aliphatic rings. The molecule has 3 rings (SSSR count). The minimum Gasteiger partial charge on any atom is -0.464 e. The Labute approximate surface area is 160 Å². The van der Waals surface area contributed by atoms with Crippen molar-refractivity contribution in [3.8, 4) is 11.3 Å². The summed E-state index contributed by atoms with van der Waals surface area (Å²) in [6.45, 7) is 3.33. The van der Waals surface area contributed by atoms with Crippen LogP contribution in [0.1, 0.15) is 39.5 Å². The van der Waals surface area contributed by atoms with Crippen LogP contribution in [0.4, 0.5) is 5.69 Å². The smallest absolute Gasteiger partial charge is 0.227 e. The molecule has 1 aromatic carbocycles. The maximum absolute atomic E-state index is 12.5. The maximum atomic E-state index is 12.5. The van der Waals surface area contributed by atoms with Gasteiger partial charge in [0, 0.05) is 23.2 Å². The van der Waals surface area contributed by atoms with Gasteiger partial charge in [0.25, 0.3) is 0 Å². The summed E-state index contributed by atoms with van der Waals surface area (Å²) in [7, 11) is -3.27. The van der Waals surface area contributed by atoms with E-state index < -0.39 is 15.3 Å². The van der Waals surface area contributed by atoms with Gasteiger partial charge in [-0.05, 0) is 75.9 Å². The number of hydrogen-bond donors (Lipinski definition) is 2. The molecule has 0 spiro atoms. The number of amides is 1. The second-order valence-corrected chi connectivity index (χ2v) is 9.57. The van der Waals surface area contributed by atoms with E-state index in [4.69, 9.17) is 4.42 Å². The Morgan fingerprint density at radius 3 is 2.30 bits per heavy atom. The summed E-state index contributed by atoms with van der Waals surface area (Å²) in [4.78, 5) is 12.5. The normalized spacial score (nSPS) is 20.6. The van der Waals surface area contributed by atoms with Crippen molar-refractivity contribution >= 4 is 21.6 Å². The monoisotopic (exact) mass is 390 g/mol. The molecule has 6 nitrogen and oxygen atoms in total. The first kappa shape index (κ1) is 19.6. The molecule has 0 radical (unpaired) electrons. The van der Waals surface area contributed by atoms with E-state index in [1.807, 2.05) is 36.4 Å². The Balaban J connectivity index is 1.51. The molecular weight excluding hydrogens is 364 g/mol. The molecular formula is C20H26N2O4S. The van der Waals surface area contributed by atoms with Gasteiger partial charge in [0.15, 0.2) is 0 Å². The standard InChI is InChI=1S/C20H26N2O4S/c1-14(2)27(24,25)22-18-11-7-16(8-12-18)20(23)21-17-9-5-15(6-10-17)19-4-3-13-26-19/h3-6,9-10,13-14,16,18,22H,7-8,11-12H2,1-2H3,(H,21,23). The van der Waals surface area contributed by atoms with Crippen LogP contribution in [0.2, 0.25) is 0 Å². The maximum Gasteiger partial charge on any atom is 0.227 e. The van der Waals surface area contributed by atoms with Crippen LogP contribution in [0.3, 0.4) is 0 Å². The first-order valence-corrected chi connectivity index (χ1v) is 10.9. The van der Waals surface area contributed by atoms with E-state index in [-0.39, 0.29) is 17.9 Å². The summed E-state index contributed by atoms with van der Waals surface area (Å²) in [6, 6.07) is 11.2. The zero-order valence-corrected chi connectivity index (χ0v) is 16.5. The van der Waals surface area contributed by atoms with E-state index in [1.165, 1.54) is 0 Å². The fraction of sp³-hybridized carbons (Fsp3) is 0.450. The van der Waals surface area contributed by atoms with Crippen LogP contribution in [0, 0.1) is 5.92 Å². The van der Waals surface area contributed by atoms with Crippen molar-refractivity contribution in [2.45, 2.75) is 50.8 Å². The molecule has 0 atom stereocenters. The SMILES string of the molecule is CC(C)S(=O)(=O)NC1CCC(C(=O)Nc2ccc(-c3ccco3)cc2)CC1. The molecule has 0 saturated heterocycles. The van der Waals surface area contributed by atoms with Crippen molar-refractivity contribution < 1.29 is 17.6 Å². The summed E-state index contributed by atoms with van der Waals surface area (Å²) >= 11 is 0. The Bertz CT molecular complexity index is 850. The van der Waals surface area contributed by atoms with Crippen molar-refractivity contribution in [3.63, 3.8) is 0 Å². The van der Waals surface area contributed by atoms with E-state index in [2.05, 4.69) is 10.0 Å². The summed E-state index contributed by atoms with van der Waals surface area (Å²) in [6.07, 6.45) is 4.36. The van der Waals surface area contributed by atoms with E-state index >= 15 is 0 Å². The third-order valence-corrected chi connectivity index (χ3v) is 6.91. The van der Waals surface area contributed by atoms with Crippen molar-refractivity contribution in [2.24, 2.45) is 5.92 Å². The lowest BCUT2D eigenvalue weighted by atomic mass is 9.86. The number of anilines is 1. The van der Waals surface area contributed by atoms with Gasteiger partial charge in [-0.3, -0.25) is 4.79 Å². The van der Waals surface area contributed by atoms with E-state index in [0.29, 0.717) is 25.7 Å². The zero-order valence-electron chi connectivity index (χ0n) is 15.6. The van der Waals surface area contributed by atoms with Gasteiger partial charge in [0.05, 0.1) is 11.5 Å².